The molecule has 1 aliphatic rings. The number of morpholine rings is 1. The Morgan fingerprint density at radius 2 is 2.00 bits per heavy atom. The fraction of sp³-hybridized carbons (Fsp3) is 0.294. The summed E-state index contributed by atoms with van der Waals surface area (Å²) in [5.41, 5.74) is 2.01. The zero-order valence-electron chi connectivity index (χ0n) is 13.3. The first kappa shape index (κ1) is 16.5. The number of carbonyl (C=O) groups is 1. The molecule has 0 radical (unpaired) electrons. The first-order chi connectivity index (χ1) is 11.7. The number of amides is 1. The fourth-order valence-corrected chi connectivity index (χ4v) is 2.69. The molecular formula is C17H18ClN3O3. The summed E-state index contributed by atoms with van der Waals surface area (Å²) >= 11 is 6.11. The van der Waals surface area contributed by atoms with E-state index in [9.17, 15) is 4.79 Å². The zero-order valence-corrected chi connectivity index (χ0v) is 14.0. The second kappa shape index (κ2) is 7.51. The van der Waals surface area contributed by atoms with Crippen molar-refractivity contribution in [1.82, 2.24) is 9.88 Å². The molecule has 126 valence electrons. The summed E-state index contributed by atoms with van der Waals surface area (Å²) in [6, 6.07) is 8.95. The molecule has 1 fully saturated rings. The molecule has 0 spiro atoms. The van der Waals surface area contributed by atoms with Gasteiger partial charge in [-0.3, -0.25) is 4.79 Å². The number of nitrogens with one attached hydrogen (secondary N) is 1. The van der Waals surface area contributed by atoms with E-state index in [4.69, 9.17) is 21.1 Å². The van der Waals surface area contributed by atoms with Crippen LogP contribution in [-0.2, 0) is 4.74 Å². The Morgan fingerprint density at radius 1 is 1.25 bits per heavy atom. The number of methoxy groups -OCH3 is 1. The number of hydrogen-bond acceptors (Lipinski definition) is 5. The van der Waals surface area contributed by atoms with E-state index < -0.39 is 0 Å². The Balaban J connectivity index is 1.68. The van der Waals surface area contributed by atoms with Gasteiger partial charge in [-0.15, -0.1) is 0 Å². The van der Waals surface area contributed by atoms with Gasteiger partial charge in [0.2, 0.25) is 0 Å². The van der Waals surface area contributed by atoms with Crippen molar-refractivity contribution >= 4 is 28.9 Å². The van der Waals surface area contributed by atoms with Crippen molar-refractivity contribution in [3.05, 3.63) is 47.2 Å². The highest BCUT2D eigenvalue weighted by molar-refractivity contribution is 6.32. The van der Waals surface area contributed by atoms with E-state index >= 15 is 0 Å². The SMILES string of the molecule is COc1ccc(Nc2ccc(C(=O)N3CCOCC3)nc2)cc1Cl. The van der Waals surface area contributed by atoms with Crippen molar-refractivity contribution in [2.24, 2.45) is 0 Å². The second-order valence-electron chi connectivity index (χ2n) is 5.31. The van der Waals surface area contributed by atoms with E-state index in [1.165, 1.54) is 0 Å². The summed E-state index contributed by atoms with van der Waals surface area (Å²) < 4.78 is 10.4. The van der Waals surface area contributed by atoms with Crippen LogP contribution in [0.3, 0.4) is 0 Å². The van der Waals surface area contributed by atoms with Crippen LogP contribution >= 0.6 is 11.6 Å². The lowest BCUT2D eigenvalue weighted by Crippen LogP contribution is -2.41. The zero-order chi connectivity index (χ0) is 16.9. The molecule has 0 aliphatic carbocycles. The van der Waals surface area contributed by atoms with Crippen LogP contribution in [-0.4, -0.2) is 49.2 Å². The van der Waals surface area contributed by atoms with Crippen LogP contribution in [0.2, 0.25) is 5.02 Å². The van der Waals surface area contributed by atoms with Gasteiger partial charge >= 0.3 is 0 Å². The monoisotopic (exact) mass is 347 g/mol. The number of halogens is 1. The molecule has 3 rings (SSSR count). The van der Waals surface area contributed by atoms with Crippen molar-refractivity contribution in [1.29, 1.82) is 0 Å². The van der Waals surface area contributed by atoms with Gasteiger partial charge in [0.15, 0.2) is 0 Å². The number of hydrogen-bond donors (Lipinski definition) is 1. The van der Waals surface area contributed by atoms with Gasteiger partial charge in [0.25, 0.3) is 5.91 Å². The number of anilines is 2. The third-order valence-corrected chi connectivity index (χ3v) is 4.02. The standard InChI is InChI=1S/C17H18ClN3O3/c1-23-16-5-3-12(10-14(16)18)20-13-2-4-15(19-11-13)17(22)21-6-8-24-9-7-21/h2-5,10-11,20H,6-9H2,1H3. The molecule has 0 unspecified atom stereocenters. The van der Waals surface area contributed by atoms with Gasteiger partial charge in [-0.1, -0.05) is 11.6 Å². The van der Waals surface area contributed by atoms with Gasteiger partial charge in [-0.2, -0.15) is 0 Å². The maximum absolute atomic E-state index is 12.3. The van der Waals surface area contributed by atoms with Crippen LogP contribution in [0.4, 0.5) is 11.4 Å². The van der Waals surface area contributed by atoms with Crippen molar-refractivity contribution in [2.45, 2.75) is 0 Å². The number of rotatable bonds is 4. The van der Waals surface area contributed by atoms with Gasteiger partial charge in [0.1, 0.15) is 11.4 Å². The van der Waals surface area contributed by atoms with E-state index in [0.717, 1.165) is 11.4 Å². The fourth-order valence-electron chi connectivity index (χ4n) is 2.43. The average molecular weight is 348 g/mol. The molecule has 1 aromatic carbocycles. The molecule has 7 heteroatoms. The summed E-state index contributed by atoms with van der Waals surface area (Å²) in [7, 11) is 1.57. The number of aromatic nitrogens is 1. The van der Waals surface area contributed by atoms with Crippen molar-refractivity contribution in [2.75, 3.05) is 38.7 Å². The Kier molecular flexibility index (Phi) is 5.17. The van der Waals surface area contributed by atoms with Crippen LogP contribution in [0.5, 0.6) is 5.75 Å². The van der Waals surface area contributed by atoms with Crippen molar-refractivity contribution in [3.8, 4) is 5.75 Å². The minimum atomic E-state index is -0.0719. The summed E-state index contributed by atoms with van der Waals surface area (Å²) in [5, 5.41) is 3.72. The largest absolute Gasteiger partial charge is 0.495 e. The maximum Gasteiger partial charge on any atom is 0.272 e. The Hall–Kier alpha value is -2.31. The number of benzene rings is 1. The summed E-state index contributed by atoms with van der Waals surface area (Å²) in [6.07, 6.45) is 1.63. The number of carbonyl (C=O) groups excluding carboxylic acids is 1. The summed E-state index contributed by atoms with van der Waals surface area (Å²) in [6.45, 7) is 2.35. The lowest BCUT2D eigenvalue weighted by atomic mass is 10.2. The van der Waals surface area contributed by atoms with Gasteiger partial charge < -0.3 is 19.7 Å². The van der Waals surface area contributed by atoms with E-state index in [0.29, 0.717) is 42.8 Å². The maximum atomic E-state index is 12.3. The topological polar surface area (TPSA) is 63.7 Å². The molecule has 1 saturated heterocycles. The van der Waals surface area contributed by atoms with Crippen LogP contribution in [0, 0.1) is 0 Å². The van der Waals surface area contributed by atoms with Crippen molar-refractivity contribution in [3.63, 3.8) is 0 Å². The number of ether oxygens (including phenoxy) is 2. The third kappa shape index (κ3) is 3.77. The molecule has 0 atom stereocenters. The van der Waals surface area contributed by atoms with Crippen LogP contribution in [0.15, 0.2) is 36.5 Å². The summed E-state index contributed by atoms with van der Waals surface area (Å²) in [5.74, 6) is 0.545. The third-order valence-electron chi connectivity index (χ3n) is 3.72. The normalized spacial score (nSPS) is 14.3. The quantitative estimate of drug-likeness (QED) is 0.921. The van der Waals surface area contributed by atoms with E-state index in [1.54, 1.807) is 36.4 Å². The first-order valence-corrected chi connectivity index (χ1v) is 7.99. The van der Waals surface area contributed by atoms with E-state index in [1.807, 2.05) is 12.1 Å². The molecule has 0 saturated carbocycles. The highest BCUT2D eigenvalue weighted by Crippen LogP contribution is 2.28. The molecule has 0 bridgehead atoms. The Morgan fingerprint density at radius 3 is 2.62 bits per heavy atom. The predicted octanol–water partition coefficient (Wildman–Crippen LogP) is 2.96. The molecule has 2 heterocycles. The molecule has 2 aromatic rings. The minimum absolute atomic E-state index is 0.0719. The lowest BCUT2D eigenvalue weighted by Gasteiger charge is -2.26. The molecule has 1 aromatic heterocycles. The van der Waals surface area contributed by atoms with Gasteiger partial charge in [0.05, 0.1) is 37.2 Å². The van der Waals surface area contributed by atoms with Crippen LogP contribution < -0.4 is 10.1 Å². The van der Waals surface area contributed by atoms with E-state index in [2.05, 4.69) is 10.3 Å². The number of pyridine rings is 1. The minimum Gasteiger partial charge on any atom is -0.495 e. The van der Waals surface area contributed by atoms with Crippen molar-refractivity contribution < 1.29 is 14.3 Å². The molecule has 24 heavy (non-hydrogen) atoms. The summed E-state index contributed by atoms with van der Waals surface area (Å²) in [4.78, 5) is 18.3. The Labute approximate surface area is 145 Å². The first-order valence-electron chi connectivity index (χ1n) is 7.61. The highest BCUT2D eigenvalue weighted by Gasteiger charge is 2.19. The van der Waals surface area contributed by atoms with Gasteiger partial charge in [-0.25, -0.2) is 4.98 Å². The van der Waals surface area contributed by atoms with E-state index in [-0.39, 0.29) is 5.91 Å². The predicted molar refractivity (Wildman–Crippen MR) is 92.2 cm³/mol. The highest BCUT2D eigenvalue weighted by atomic mass is 35.5. The van der Waals surface area contributed by atoms with Gasteiger partial charge in [0, 0.05) is 18.8 Å². The smallest absolute Gasteiger partial charge is 0.272 e. The van der Waals surface area contributed by atoms with Crippen LogP contribution in [0.25, 0.3) is 0 Å². The molecule has 1 N–H and O–H groups in total. The Bertz CT molecular complexity index is 716. The number of nitrogens with zero attached hydrogens (tertiary/aromatic N) is 2. The molecule has 6 nitrogen and oxygen atoms in total. The molecular weight excluding hydrogens is 330 g/mol. The average Bonchev–Trinajstić information content (AvgIpc) is 2.63. The lowest BCUT2D eigenvalue weighted by molar-refractivity contribution is 0.0299. The van der Waals surface area contributed by atoms with Gasteiger partial charge in [-0.05, 0) is 30.3 Å². The molecule has 1 aliphatic heterocycles. The second-order valence-corrected chi connectivity index (χ2v) is 5.72. The molecule has 1 amide bonds. The van der Waals surface area contributed by atoms with Crippen LogP contribution in [0.1, 0.15) is 10.5 Å².